The molecule has 0 radical (unpaired) electrons. The Morgan fingerprint density at radius 2 is 1.68 bits per heavy atom. The lowest BCUT2D eigenvalue weighted by molar-refractivity contribution is 0.262. The van der Waals surface area contributed by atoms with E-state index in [9.17, 15) is 13.2 Å². The zero-order chi connectivity index (χ0) is 22.4. The second kappa shape index (κ2) is 10.0. The van der Waals surface area contributed by atoms with Gasteiger partial charge in [-0.15, -0.1) is 0 Å². The lowest BCUT2D eigenvalue weighted by Crippen LogP contribution is -2.23. The molecule has 2 aromatic carbocycles. The third-order valence-electron chi connectivity index (χ3n) is 5.41. The van der Waals surface area contributed by atoms with Crippen LogP contribution in [-0.4, -0.2) is 46.5 Å². The van der Waals surface area contributed by atoms with Crippen LogP contribution in [0.2, 0.25) is 0 Å². The number of hydrogen-bond acceptors (Lipinski definition) is 5. The Morgan fingerprint density at radius 1 is 1.03 bits per heavy atom. The van der Waals surface area contributed by atoms with Gasteiger partial charge in [-0.05, 0) is 61.2 Å². The number of hydrogen-bond donors (Lipinski definition) is 3. The molecule has 2 amide bonds. The first-order valence-corrected chi connectivity index (χ1v) is 11.8. The van der Waals surface area contributed by atoms with Crippen molar-refractivity contribution in [3.63, 3.8) is 0 Å². The Kier molecular flexibility index (Phi) is 7.40. The molecule has 3 rings (SSSR count). The number of carbonyl (C=O) groups excluding carboxylic acids is 1. The van der Waals surface area contributed by atoms with E-state index in [0.717, 1.165) is 22.5 Å². The number of nitrogens with zero attached hydrogens (tertiary/aromatic N) is 1. The van der Waals surface area contributed by atoms with Gasteiger partial charge in [-0.25, -0.2) is 17.5 Å². The molecule has 1 aliphatic carbocycles. The number of amides is 2. The van der Waals surface area contributed by atoms with Gasteiger partial charge >= 0.3 is 6.03 Å². The first kappa shape index (κ1) is 22.9. The summed E-state index contributed by atoms with van der Waals surface area (Å²) < 4.78 is 31.1. The van der Waals surface area contributed by atoms with Crippen molar-refractivity contribution in [3.05, 3.63) is 42.5 Å². The number of ether oxygens (including phenoxy) is 1. The fourth-order valence-electron chi connectivity index (χ4n) is 3.59. The van der Waals surface area contributed by atoms with E-state index in [4.69, 9.17) is 4.74 Å². The molecule has 1 fully saturated rings. The molecule has 0 bridgehead atoms. The third kappa shape index (κ3) is 5.89. The highest BCUT2D eigenvalue weighted by atomic mass is 32.2. The van der Waals surface area contributed by atoms with Gasteiger partial charge in [0.25, 0.3) is 0 Å². The van der Waals surface area contributed by atoms with Crippen molar-refractivity contribution in [3.8, 4) is 5.75 Å². The number of methoxy groups -OCH3 is 1. The van der Waals surface area contributed by atoms with E-state index in [0.29, 0.717) is 11.4 Å². The monoisotopic (exact) mass is 446 g/mol. The second-order valence-electron chi connectivity index (χ2n) is 7.84. The predicted octanol–water partition coefficient (Wildman–Crippen LogP) is 4.19. The van der Waals surface area contributed by atoms with E-state index in [1.807, 2.05) is 24.3 Å². The summed E-state index contributed by atoms with van der Waals surface area (Å²) in [6.07, 6.45) is 5.21. The van der Waals surface area contributed by atoms with Crippen molar-refractivity contribution in [1.29, 1.82) is 0 Å². The molecule has 0 spiro atoms. The van der Waals surface area contributed by atoms with Gasteiger partial charge in [-0.3, -0.25) is 0 Å². The van der Waals surface area contributed by atoms with Crippen LogP contribution in [0.1, 0.15) is 25.7 Å². The SMILES string of the molecule is COc1ccc(S(=O)(=O)N(C)C)cc1NC(=O)Nc1ccc(NCC2CCCC2)cc1. The summed E-state index contributed by atoms with van der Waals surface area (Å²) in [7, 11) is 0.718. The van der Waals surface area contributed by atoms with E-state index in [1.165, 1.54) is 65.1 Å². The van der Waals surface area contributed by atoms with E-state index in [2.05, 4.69) is 16.0 Å². The molecule has 0 atom stereocenters. The highest BCUT2D eigenvalue weighted by Gasteiger charge is 2.20. The maximum atomic E-state index is 12.5. The minimum atomic E-state index is -3.64. The second-order valence-corrected chi connectivity index (χ2v) is 9.99. The Labute approximate surface area is 184 Å². The molecule has 0 aliphatic heterocycles. The summed E-state index contributed by atoms with van der Waals surface area (Å²) >= 11 is 0. The molecule has 168 valence electrons. The van der Waals surface area contributed by atoms with Crippen LogP contribution in [0.5, 0.6) is 5.75 Å². The number of urea groups is 1. The number of nitrogens with one attached hydrogen (secondary N) is 3. The first-order chi connectivity index (χ1) is 14.8. The van der Waals surface area contributed by atoms with Crippen molar-refractivity contribution in [2.24, 2.45) is 5.92 Å². The van der Waals surface area contributed by atoms with Crippen LogP contribution in [0.25, 0.3) is 0 Å². The first-order valence-electron chi connectivity index (χ1n) is 10.3. The lowest BCUT2D eigenvalue weighted by atomic mass is 10.1. The zero-order valence-electron chi connectivity index (χ0n) is 18.1. The summed E-state index contributed by atoms with van der Waals surface area (Å²) in [4.78, 5) is 12.5. The number of anilines is 3. The van der Waals surface area contributed by atoms with Crippen molar-refractivity contribution in [2.75, 3.05) is 43.7 Å². The number of rotatable bonds is 8. The highest BCUT2D eigenvalue weighted by Crippen LogP contribution is 2.29. The molecule has 3 N–H and O–H groups in total. The van der Waals surface area contributed by atoms with Gasteiger partial charge in [0, 0.05) is 32.0 Å². The molecular weight excluding hydrogens is 416 g/mol. The van der Waals surface area contributed by atoms with Crippen molar-refractivity contribution < 1.29 is 17.9 Å². The molecule has 1 saturated carbocycles. The van der Waals surface area contributed by atoms with Crippen molar-refractivity contribution in [2.45, 2.75) is 30.6 Å². The van der Waals surface area contributed by atoms with Crippen LogP contribution < -0.4 is 20.7 Å². The molecule has 0 aromatic heterocycles. The fourth-order valence-corrected chi connectivity index (χ4v) is 4.52. The Morgan fingerprint density at radius 3 is 2.29 bits per heavy atom. The number of benzene rings is 2. The van der Waals surface area contributed by atoms with Crippen LogP contribution in [0, 0.1) is 5.92 Å². The minimum Gasteiger partial charge on any atom is -0.495 e. The summed E-state index contributed by atoms with van der Waals surface area (Å²) in [6.45, 7) is 0.971. The van der Waals surface area contributed by atoms with Gasteiger partial charge in [0.05, 0.1) is 17.7 Å². The minimum absolute atomic E-state index is 0.0614. The fraction of sp³-hybridized carbons (Fsp3) is 0.409. The molecule has 0 unspecified atom stereocenters. The van der Waals surface area contributed by atoms with Crippen molar-refractivity contribution in [1.82, 2.24) is 4.31 Å². The smallest absolute Gasteiger partial charge is 0.323 e. The molecule has 8 nitrogen and oxygen atoms in total. The van der Waals surface area contributed by atoms with E-state index in [-0.39, 0.29) is 10.6 Å². The van der Waals surface area contributed by atoms with Gasteiger partial charge < -0.3 is 20.7 Å². The van der Waals surface area contributed by atoms with Gasteiger partial charge in [0.1, 0.15) is 5.75 Å². The van der Waals surface area contributed by atoms with Crippen LogP contribution in [0.4, 0.5) is 21.9 Å². The third-order valence-corrected chi connectivity index (χ3v) is 7.22. The van der Waals surface area contributed by atoms with Crippen molar-refractivity contribution >= 4 is 33.1 Å². The van der Waals surface area contributed by atoms with E-state index in [1.54, 1.807) is 0 Å². The zero-order valence-corrected chi connectivity index (χ0v) is 19.0. The standard InChI is InChI=1S/C22H30N4O4S/c1-26(2)31(28,29)19-12-13-21(30-3)20(14-19)25-22(27)24-18-10-8-17(9-11-18)23-15-16-6-4-5-7-16/h8-14,16,23H,4-7,15H2,1-3H3,(H2,24,25,27). The van der Waals surface area contributed by atoms with Gasteiger partial charge in [-0.2, -0.15) is 0 Å². The van der Waals surface area contributed by atoms with Crippen LogP contribution >= 0.6 is 0 Å². The normalized spacial score (nSPS) is 14.5. The van der Waals surface area contributed by atoms with E-state index < -0.39 is 16.1 Å². The molecule has 9 heteroatoms. The largest absolute Gasteiger partial charge is 0.495 e. The molecule has 0 saturated heterocycles. The van der Waals surface area contributed by atoms with Crippen LogP contribution in [-0.2, 0) is 10.0 Å². The topological polar surface area (TPSA) is 99.8 Å². The molecular formula is C22H30N4O4S. The average molecular weight is 447 g/mol. The predicted molar refractivity (Wildman–Crippen MR) is 123 cm³/mol. The maximum absolute atomic E-state index is 12.5. The Balaban J connectivity index is 1.63. The molecule has 2 aromatic rings. The van der Waals surface area contributed by atoms with Crippen LogP contribution in [0.3, 0.4) is 0 Å². The summed E-state index contributed by atoms with van der Waals surface area (Å²) in [5.41, 5.74) is 1.90. The Hall–Kier alpha value is -2.78. The van der Waals surface area contributed by atoms with Crippen LogP contribution in [0.15, 0.2) is 47.4 Å². The summed E-state index contributed by atoms with van der Waals surface area (Å²) in [5.74, 6) is 1.10. The quantitative estimate of drug-likeness (QED) is 0.565. The van der Waals surface area contributed by atoms with E-state index >= 15 is 0 Å². The average Bonchev–Trinajstić information content (AvgIpc) is 3.26. The number of carbonyl (C=O) groups is 1. The molecule has 0 heterocycles. The molecule has 1 aliphatic rings. The van der Waals surface area contributed by atoms with Gasteiger partial charge in [0.2, 0.25) is 10.0 Å². The van der Waals surface area contributed by atoms with Gasteiger partial charge in [0.15, 0.2) is 0 Å². The maximum Gasteiger partial charge on any atom is 0.323 e. The molecule has 31 heavy (non-hydrogen) atoms. The highest BCUT2D eigenvalue weighted by molar-refractivity contribution is 7.89. The van der Waals surface area contributed by atoms with Gasteiger partial charge in [-0.1, -0.05) is 12.8 Å². The lowest BCUT2D eigenvalue weighted by Gasteiger charge is -2.16. The number of sulfonamides is 1. The Bertz CT molecular complexity index is 1000. The summed E-state index contributed by atoms with van der Waals surface area (Å²) in [6, 6.07) is 11.3. The summed E-state index contributed by atoms with van der Waals surface area (Å²) in [5, 5.41) is 8.86.